The Morgan fingerprint density at radius 2 is 0.592 bits per heavy atom. The number of furan rings is 1. The molecule has 0 aliphatic carbocycles. The van der Waals surface area contributed by atoms with Gasteiger partial charge < -0.3 is 32.5 Å². The number of anilines is 6. The Morgan fingerprint density at radius 1 is 0.242 bits per heavy atom. The van der Waals surface area contributed by atoms with Crippen LogP contribution in [0.3, 0.4) is 0 Å². The Bertz CT molecular complexity index is 8590. The van der Waals surface area contributed by atoms with Gasteiger partial charge in [0.05, 0.1) is 83.1 Å². The summed E-state index contributed by atoms with van der Waals surface area (Å²) in [7, 11) is 0. The fourth-order valence-electron chi connectivity index (χ4n) is 19.2. The number of para-hydroxylation sites is 6. The summed E-state index contributed by atoms with van der Waals surface area (Å²) in [5.74, 6) is 0. The first-order chi connectivity index (χ1) is 64.7. The maximum atomic E-state index is 9.98. The standard InChI is InChI=1S/C112H91BN6O/c1-109(2,3)72-45-53-96-86(60-72)87-61-73(110(4,5)6)46-54-97(87)115(96)77-50-52-91-103(65-77)119(101-44-28-38-85-84-37-27-43-100(107(84)120-108(85)101)118-94-41-25-21-35-82(94)83-36-22-26-42-95(83)118)105-67-79(116-98-55-47-74(111(7,8)9)62-88(98)89-63-75(112(10,11)12)48-56-99(89)116)66-104-106(105)113(91)90-51-49-76(114-92-39-23-19-33-80(92)81-34-20-24-40-93(81)114)64-102(90)117(104)78-58-70(68-29-15-13-16-30-68)57-71(59-78)69-31-17-14-18-32-69/h13-67H,1-12H3/i19D,20D,21D,22D,23D,24D,25D,26D,33D,34D,35D,36D,39D,40D,41D,42D. The van der Waals surface area contributed by atoms with Crippen molar-refractivity contribution in [2.75, 3.05) is 9.80 Å². The number of aromatic nitrogens is 4. The Kier molecular flexibility index (Phi) is 12.2. The summed E-state index contributed by atoms with van der Waals surface area (Å²) >= 11 is 0. The van der Waals surface area contributed by atoms with Crippen LogP contribution >= 0.6 is 0 Å². The van der Waals surface area contributed by atoms with Gasteiger partial charge in [0, 0.05) is 93.7 Å². The second-order valence-electron chi connectivity index (χ2n) is 36.6. The summed E-state index contributed by atoms with van der Waals surface area (Å²) in [6.07, 6.45) is 0. The van der Waals surface area contributed by atoms with Gasteiger partial charge in [-0.25, -0.2) is 0 Å². The molecule has 7 nitrogen and oxygen atoms in total. The minimum atomic E-state index is -0.710. The number of nitrogens with zero attached hydrogens (tertiary/aromatic N) is 6. The van der Waals surface area contributed by atoms with Gasteiger partial charge in [-0.2, -0.15) is 0 Å². The van der Waals surface area contributed by atoms with Crippen molar-refractivity contribution >= 4 is 166 Å². The van der Waals surface area contributed by atoms with E-state index in [4.69, 9.17) is 7.16 Å². The lowest BCUT2D eigenvalue weighted by Gasteiger charge is -2.44. The number of fused-ring (bicyclic) bond motifs is 19. The summed E-state index contributed by atoms with van der Waals surface area (Å²) in [5, 5.41) is 5.20. The predicted octanol–water partition coefficient (Wildman–Crippen LogP) is 28.6. The van der Waals surface area contributed by atoms with Gasteiger partial charge in [0.25, 0.3) is 6.71 Å². The van der Waals surface area contributed by atoms with Crippen LogP contribution in [0.25, 0.3) is 154 Å². The minimum Gasteiger partial charge on any atom is -0.452 e. The van der Waals surface area contributed by atoms with E-state index in [1.54, 1.807) is 10.6 Å². The van der Waals surface area contributed by atoms with Crippen LogP contribution in [0.5, 0.6) is 0 Å². The molecule has 2 aliphatic rings. The number of hydrogen-bond donors (Lipinski definition) is 0. The van der Waals surface area contributed by atoms with Gasteiger partial charge in [-0.15, -0.1) is 0 Å². The topological polar surface area (TPSA) is 39.3 Å². The molecule has 8 heteroatoms. The highest BCUT2D eigenvalue weighted by atomic mass is 16.3. The van der Waals surface area contributed by atoms with Crippen LogP contribution in [0.2, 0.25) is 0 Å². The highest BCUT2D eigenvalue weighted by molar-refractivity contribution is 7.00. The molecule has 0 atom stereocenters. The molecule has 7 heterocycles. The number of benzene rings is 16. The number of hydrogen-bond acceptors (Lipinski definition) is 3. The molecule has 0 saturated heterocycles. The van der Waals surface area contributed by atoms with Crippen LogP contribution in [0, 0.1) is 0 Å². The lowest BCUT2D eigenvalue weighted by Crippen LogP contribution is -2.61. The first-order valence-electron chi connectivity index (χ1n) is 49.2. The number of rotatable bonds is 8. The van der Waals surface area contributed by atoms with E-state index in [-0.39, 0.29) is 76.5 Å². The molecule has 23 rings (SSSR count). The van der Waals surface area contributed by atoms with E-state index in [0.717, 1.165) is 122 Å². The summed E-state index contributed by atoms with van der Waals surface area (Å²) in [6.45, 7) is 26.1. The highest BCUT2D eigenvalue weighted by Crippen LogP contribution is 2.53. The van der Waals surface area contributed by atoms with E-state index in [2.05, 4.69) is 260 Å². The van der Waals surface area contributed by atoms with Crippen molar-refractivity contribution in [3.05, 3.63) is 356 Å². The molecule has 0 saturated carbocycles. The highest BCUT2D eigenvalue weighted by Gasteiger charge is 2.46. The maximum Gasteiger partial charge on any atom is 0.252 e. The third-order valence-corrected chi connectivity index (χ3v) is 25.2. The van der Waals surface area contributed by atoms with Crippen LogP contribution < -0.4 is 26.2 Å². The summed E-state index contributed by atoms with van der Waals surface area (Å²) < 4.78 is 167. The summed E-state index contributed by atoms with van der Waals surface area (Å²) in [5.41, 5.74) is 20.3. The van der Waals surface area contributed by atoms with E-state index < -0.39 is 103 Å². The Balaban J connectivity index is 0.909. The van der Waals surface area contributed by atoms with Crippen molar-refractivity contribution in [1.82, 2.24) is 18.3 Å². The van der Waals surface area contributed by atoms with Crippen LogP contribution in [-0.4, -0.2) is 25.0 Å². The van der Waals surface area contributed by atoms with Crippen LogP contribution in [0.4, 0.5) is 34.1 Å². The second kappa shape index (κ2) is 25.8. The van der Waals surface area contributed by atoms with E-state index in [1.807, 2.05) is 72.8 Å². The van der Waals surface area contributed by atoms with E-state index in [0.29, 0.717) is 39.1 Å². The van der Waals surface area contributed by atoms with Gasteiger partial charge in [-0.05, 0) is 222 Å². The molecule has 21 aromatic rings. The third kappa shape index (κ3) is 10.8. The largest absolute Gasteiger partial charge is 0.452 e. The molecule has 0 amide bonds. The minimum absolute atomic E-state index is 0.0310. The second-order valence-corrected chi connectivity index (χ2v) is 36.6. The van der Waals surface area contributed by atoms with Crippen molar-refractivity contribution in [1.29, 1.82) is 0 Å². The maximum absolute atomic E-state index is 9.98. The fourth-order valence-corrected chi connectivity index (χ4v) is 19.2. The van der Waals surface area contributed by atoms with Gasteiger partial charge >= 0.3 is 0 Å². The zero-order valence-corrected chi connectivity index (χ0v) is 68.7. The Morgan fingerprint density at radius 3 is 1.01 bits per heavy atom. The van der Waals surface area contributed by atoms with Gasteiger partial charge in [0.1, 0.15) is 0 Å². The Hall–Kier alpha value is -13.8. The smallest absolute Gasteiger partial charge is 0.252 e. The van der Waals surface area contributed by atoms with Crippen molar-refractivity contribution in [2.45, 2.75) is 105 Å². The zero-order valence-electron chi connectivity index (χ0n) is 84.7. The van der Waals surface area contributed by atoms with Gasteiger partial charge in [0.2, 0.25) is 0 Å². The molecule has 0 bridgehead atoms. The zero-order chi connectivity index (χ0) is 95.2. The van der Waals surface area contributed by atoms with Crippen molar-refractivity contribution < 1.29 is 26.3 Å². The first-order valence-corrected chi connectivity index (χ1v) is 41.2. The monoisotopic (exact) mass is 1560 g/mol. The lowest BCUT2D eigenvalue weighted by atomic mass is 9.33. The first kappa shape index (κ1) is 56.5. The average Bonchev–Trinajstić information content (AvgIpc) is 1.56. The SMILES string of the molecule is [2H]c1c([2H])c([2H])c2c(c1[2H])c1c([2H])c([2H])c([2H])c([2H])c1n2-c1ccc2c(c1)N(c1cc(-c3ccccc3)cc(-c3ccccc3)c1)c1cc(-n3c4ccc(C(C)(C)C)cc4c4cc(C(C)(C)C)ccc43)cc3c1B2c1ccc(-n2c4ccc(C(C)(C)C)cc4c4cc(C(C)(C)C)ccc42)cc1N3c1cccc2c1oc1c(-n3c4c([2H])c([2H])c([2H])c([2H])c4c4c([2H])c([2H])c([2H])c([2H])c43)cccc12. The quantitative estimate of drug-likeness (QED) is 0.142. The lowest BCUT2D eigenvalue weighted by molar-refractivity contribution is 0.590. The van der Waals surface area contributed by atoms with E-state index in [9.17, 15) is 19.2 Å². The molecule has 0 N–H and O–H groups in total. The average molecular weight is 1560 g/mol. The third-order valence-electron chi connectivity index (χ3n) is 25.2. The molecule has 16 aromatic carbocycles. The van der Waals surface area contributed by atoms with Gasteiger partial charge in [0.15, 0.2) is 11.2 Å². The van der Waals surface area contributed by atoms with E-state index in [1.165, 1.54) is 15.7 Å². The van der Waals surface area contributed by atoms with Crippen molar-refractivity contribution in [2.24, 2.45) is 0 Å². The van der Waals surface area contributed by atoms with Crippen LogP contribution in [0.15, 0.2) is 338 Å². The van der Waals surface area contributed by atoms with Crippen molar-refractivity contribution in [3.63, 3.8) is 0 Å². The molecule has 120 heavy (non-hydrogen) atoms. The molecule has 2 aliphatic heterocycles. The summed E-state index contributed by atoms with van der Waals surface area (Å²) in [6, 6.07) is 75.2. The Labute approximate surface area is 722 Å². The van der Waals surface area contributed by atoms with Crippen LogP contribution in [0.1, 0.15) is 127 Å². The molecule has 0 spiro atoms. The van der Waals surface area contributed by atoms with Gasteiger partial charge in [-0.3, -0.25) is 0 Å². The fraction of sp³-hybridized carbons (Fsp3) is 0.143. The predicted molar refractivity (Wildman–Crippen MR) is 511 cm³/mol. The molecule has 0 unspecified atom stereocenters. The molecule has 578 valence electrons. The molecule has 5 aromatic heterocycles. The summed E-state index contributed by atoms with van der Waals surface area (Å²) in [4.78, 5) is 4.63. The molecule has 0 radical (unpaired) electrons. The van der Waals surface area contributed by atoms with Gasteiger partial charge in [-0.1, -0.05) is 277 Å². The molecular weight excluding hydrogens is 1460 g/mol. The van der Waals surface area contributed by atoms with Crippen LogP contribution in [-0.2, 0) is 21.7 Å². The van der Waals surface area contributed by atoms with E-state index >= 15 is 0 Å². The molecular formula is C112H91BN6O. The normalized spacial score (nSPS) is 15.2. The molecule has 0 fully saturated rings. The van der Waals surface area contributed by atoms with Crippen molar-refractivity contribution in [3.8, 4) is 45.0 Å².